The Morgan fingerprint density at radius 2 is 1.33 bits per heavy atom. The molecule has 0 N–H and O–H groups in total. The van der Waals surface area contributed by atoms with Crippen LogP contribution in [-0.2, 0) is 0 Å². The maximum atomic E-state index is 2.68. The van der Waals surface area contributed by atoms with E-state index in [1.54, 1.807) is 0 Å². The molecule has 0 aromatic heterocycles. The molecule has 1 atom stereocenters. The summed E-state index contributed by atoms with van der Waals surface area (Å²) in [6.45, 7) is 11.8. The monoisotopic (exact) mass is 279 g/mol. The van der Waals surface area contributed by atoms with Crippen molar-refractivity contribution in [3.63, 3.8) is 0 Å². The van der Waals surface area contributed by atoms with Crippen molar-refractivity contribution in [1.29, 1.82) is 0 Å². The van der Waals surface area contributed by atoms with Gasteiger partial charge in [-0.2, -0.15) is 0 Å². The van der Waals surface area contributed by atoms with E-state index < -0.39 is 0 Å². The Labute approximate surface area is 107 Å². The lowest BCUT2D eigenvalue weighted by Crippen LogP contribution is -2.34. The second-order valence-corrected chi connectivity index (χ2v) is 4.38. The van der Waals surface area contributed by atoms with Crippen molar-refractivity contribution in [2.24, 2.45) is 0 Å². The van der Waals surface area contributed by atoms with Crippen LogP contribution in [-0.4, -0.2) is 24.0 Å². The van der Waals surface area contributed by atoms with Gasteiger partial charge in [0.25, 0.3) is 0 Å². The number of rotatable bonds is 9. The van der Waals surface area contributed by atoms with Gasteiger partial charge < -0.3 is 4.90 Å². The van der Waals surface area contributed by atoms with Crippen LogP contribution >= 0.6 is 17.0 Å². The van der Waals surface area contributed by atoms with E-state index >= 15 is 0 Å². The molecular weight excluding hydrogens is 250 g/mol. The van der Waals surface area contributed by atoms with Crippen LogP contribution in [0.3, 0.4) is 0 Å². The Kier molecular flexibility index (Phi) is 14.9. The smallest absolute Gasteiger partial charge is 0.00668 e. The van der Waals surface area contributed by atoms with Crippen molar-refractivity contribution < 1.29 is 0 Å². The fourth-order valence-electron chi connectivity index (χ4n) is 1.88. The molecule has 0 rings (SSSR count). The summed E-state index contributed by atoms with van der Waals surface area (Å²) in [5.74, 6) is 0. The highest BCUT2D eigenvalue weighted by atomic mass is 79.9. The van der Waals surface area contributed by atoms with Gasteiger partial charge in [0.2, 0.25) is 0 Å². The van der Waals surface area contributed by atoms with Crippen LogP contribution in [0.2, 0.25) is 0 Å². The zero-order valence-electron chi connectivity index (χ0n) is 11.1. The highest BCUT2D eigenvalue weighted by molar-refractivity contribution is 8.93. The molecule has 0 aliphatic carbocycles. The predicted octanol–water partition coefficient (Wildman–Crippen LogP) is 4.66. The molecule has 15 heavy (non-hydrogen) atoms. The van der Waals surface area contributed by atoms with Crippen LogP contribution in [0.4, 0.5) is 0 Å². The van der Waals surface area contributed by atoms with Gasteiger partial charge in [0.1, 0.15) is 0 Å². The van der Waals surface area contributed by atoms with E-state index in [0.29, 0.717) is 0 Å². The van der Waals surface area contributed by atoms with Gasteiger partial charge in [-0.3, -0.25) is 0 Å². The third kappa shape index (κ3) is 9.37. The van der Waals surface area contributed by atoms with Crippen molar-refractivity contribution in [1.82, 2.24) is 4.90 Å². The summed E-state index contributed by atoms with van der Waals surface area (Å²) in [6, 6.07) is 0.790. The first-order valence-corrected chi connectivity index (χ1v) is 6.50. The maximum absolute atomic E-state index is 2.68. The zero-order chi connectivity index (χ0) is 10.8. The lowest BCUT2D eigenvalue weighted by molar-refractivity contribution is 0.193. The van der Waals surface area contributed by atoms with E-state index in [4.69, 9.17) is 0 Å². The minimum Gasteiger partial charge on any atom is -0.301 e. The summed E-state index contributed by atoms with van der Waals surface area (Å²) in [4.78, 5) is 2.68. The van der Waals surface area contributed by atoms with Crippen LogP contribution in [0.5, 0.6) is 0 Å². The summed E-state index contributed by atoms with van der Waals surface area (Å²) in [7, 11) is 0. The van der Waals surface area contributed by atoms with E-state index in [1.165, 1.54) is 51.6 Å². The molecule has 0 amide bonds. The molecule has 0 fully saturated rings. The number of unbranched alkanes of at least 4 members (excludes halogenated alkanes) is 2. The Morgan fingerprint density at radius 3 is 1.67 bits per heavy atom. The van der Waals surface area contributed by atoms with Crippen molar-refractivity contribution in [2.75, 3.05) is 13.1 Å². The van der Waals surface area contributed by atoms with Gasteiger partial charge in [-0.1, -0.05) is 40.0 Å². The second-order valence-electron chi connectivity index (χ2n) is 4.38. The van der Waals surface area contributed by atoms with Gasteiger partial charge in [-0.05, 0) is 39.3 Å². The highest BCUT2D eigenvalue weighted by Crippen LogP contribution is 2.09. The third-order valence-corrected chi connectivity index (χ3v) is 2.93. The zero-order valence-corrected chi connectivity index (χ0v) is 12.8. The summed E-state index contributed by atoms with van der Waals surface area (Å²) >= 11 is 0. The van der Waals surface area contributed by atoms with Crippen molar-refractivity contribution >= 4 is 17.0 Å². The number of nitrogens with zero attached hydrogens (tertiary/aromatic N) is 1. The molecule has 0 aromatic rings. The van der Waals surface area contributed by atoms with Gasteiger partial charge in [-0.15, -0.1) is 17.0 Å². The molecule has 0 aromatic carbocycles. The number of hydrogen-bond donors (Lipinski definition) is 0. The van der Waals surface area contributed by atoms with Crippen molar-refractivity contribution in [3.8, 4) is 0 Å². The Hall–Kier alpha value is 0.440. The van der Waals surface area contributed by atoms with Crippen LogP contribution in [0.1, 0.15) is 66.2 Å². The fraction of sp³-hybridized carbons (Fsp3) is 1.00. The Bertz CT molecular complexity index is 109. The normalized spacial score (nSPS) is 12.6. The lowest BCUT2D eigenvalue weighted by Gasteiger charge is -2.28. The lowest BCUT2D eigenvalue weighted by atomic mass is 10.1. The molecule has 0 radical (unpaired) electrons. The fourth-order valence-corrected chi connectivity index (χ4v) is 1.88. The van der Waals surface area contributed by atoms with E-state index in [2.05, 4.69) is 32.6 Å². The topological polar surface area (TPSA) is 3.24 Å². The van der Waals surface area contributed by atoms with E-state index in [0.717, 1.165) is 6.04 Å². The average molecular weight is 280 g/mol. The molecule has 0 bridgehead atoms. The SMILES string of the molecule is Br.CCCCN(CCCC)C(C)CCC. The quantitative estimate of drug-likeness (QED) is 0.594. The van der Waals surface area contributed by atoms with E-state index in [9.17, 15) is 0 Å². The van der Waals surface area contributed by atoms with Crippen LogP contribution in [0.25, 0.3) is 0 Å². The van der Waals surface area contributed by atoms with Crippen molar-refractivity contribution in [3.05, 3.63) is 0 Å². The first-order valence-electron chi connectivity index (χ1n) is 6.50. The molecule has 0 heterocycles. The molecule has 0 saturated carbocycles. The van der Waals surface area contributed by atoms with E-state index in [-0.39, 0.29) is 17.0 Å². The average Bonchev–Trinajstić information content (AvgIpc) is 2.18. The molecule has 2 heteroatoms. The summed E-state index contributed by atoms with van der Waals surface area (Å²) in [5, 5.41) is 0. The molecule has 94 valence electrons. The molecular formula is C13H30BrN. The summed E-state index contributed by atoms with van der Waals surface area (Å²) < 4.78 is 0. The third-order valence-electron chi connectivity index (χ3n) is 2.93. The maximum Gasteiger partial charge on any atom is 0.00668 e. The predicted molar refractivity (Wildman–Crippen MR) is 76.1 cm³/mol. The van der Waals surface area contributed by atoms with Crippen LogP contribution < -0.4 is 0 Å². The van der Waals surface area contributed by atoms with Gasteiger partial charge in [0, 0.05) is 6.04 Å². The molecule has 0 aliphatic rings. The molecule has 1 unspecified atom stereocenters. The molecule has 0 spiro atoms. The van der Waals surface area contributed by atoms with Gasteiger partial charge in [0.05, 0.1) is 0 Å². The van der Waals surface area contributed by atoms with Crippen molar-refractivity contribution in [2.45, 2.75) is 72.3 Å². The standard InChI is InChI=1S/C13H29N.BrH/c1-5-8-11-14(12-9-6-2)13(4)10-7-3;/h13H,5-12H2,1-4H3;1H. The Balaban J connectivity index is 0. The van der Waals surface area contributed by atoms with Gasteiger partial charge in [0.15, 0.2) is 0 Å². The van der Waals surface area contributed by atoms with E-state index in [1.807, 2.05) is 0 Å². The number of hydrogen-bond acceptors (Lipinski definition) is 1. The molecule has 0 aliphatic heterocycles. The summed E-state index contributed by atoms with van der Waals surface area (Å²) in [5.41, 5.74) is 0. The first-order chi connectivity index (χ1) is 6.76. The minimum absolute atomic E-state index is 0. The molecule has 0 saturated heterocycles. The minimum atomic E-state index is 0. The van der Waals surface area contributed by atoms with Gasteiger partial charge in [-0.25, -0.2) is 0 Å². The Morgan fingerprint density at radius 1 is 0.867 bits per heavy atom. The molecule has 1 nitrogen and oxygen atoms in total. The van der Waals surface area contributed by atoms with Gasteiger partial charge >= 0.3 is 0 Å². The largest absolute Gasteiger partial charge is 0.301 e. The van der Waals surface area contributed by atoms with Crippen LogP contribution in [0.15, 0.2) is 0 Å². The number of halogens is 1. The highest BCUT2D eigenvalue weighted by Gasteiger charge is 2.11. The first kappa shape index (κ1) is 17.8. The summed E-state index contributed by atoms with van der Waals surface area (Å²) in [6.07, 6.45) is 8.03. The second kappa shape index (κ2) is 12.5. The van der Waals surface area contributed by atoms with Crippen LogP contribution in [0, 0.1) is 0 Å².